The Morgan fingerprint density at radius 2 is 1.84 bits per heavy atom. The molecule has 4 rings (SSSR count). The van der Waals surface area contributed by atoms with Crippen molar-refractivity contribution >= 4 is 25.6 Å². The summed E-state index contributed by atoms with van der Waals surface area (Å²) >= 11 is 0. The second-order valence-corrected chi connectivity index (χ2v) is 12.7. The lowest BCUT2D eigenvalue weighted by molar-refractivity contribution is 0.0969. The first kappa shape index (κ1) is 22.9. The van der Waals surface area contributed by atoms with E-state index in [2.05, 4.69) is 0 Å². The summed E-state index contributed by atoms with van der Waals surface area (Å²) < 4.78 is 53.8. The molecule has 9 nitrogen and oxygen atoms in total. The van der Waals surface area contributed by atoms with Crippen molar-refractivity contribution < 1.29 is 21.6 Å². The van der Waals surface area contributed by atoms with Gasteiger partial charge in [-0.1, -0.05) is 0 Å². The number of hydrogen-bond acceptors (Lipinski definition) is 6. The Balaban J connectivity index is 1.61. The zero-order chi connectivity index (χ0) is 23.3. The summed E-state index contributed by atoms with van der Waals surface area (Å²) in [6.07, 6.45) is 3.34. The van der Waals surface area contributed by atoms with Gasteiger partial charge in [-0.3, -0.25) is 9.59 Å². The van der Waals surface area contributed by atoms with Crippen LogP contribution in [0, 0.1) is 13.8 Å². The molecule has 2 fully saturated rings. The molecule has 2 aliphatic rings. The molecule has 0 bridgehead atoms. The van der Waals surface area contributed by atoms with Gasteiger partial charge in [0.2, 0.25) is 10.0 Å². The third-order valence-electron chi connectivity index (χ3n) is 6.33. The van der Waals surface area contributed by atoms with Gasteiger partial charge in [0.25, 0.3) is 5.56 Å². The molecule has 0 aliphatic carbocycles. The third-order valence-corrected chi connectivity index (χ3v) is 9.96. The molecule has 1 atom stereocenters. The van der Waals surface area contributed by atoms with Crippen LogP contribution in [0.15, 0.2) is 34.1 Å². The van der Waals surface area contributed by atoms with Crippen LogP contribution in [0.2, 0.25) is 0 Å². The fourth-order valence-electron chi connectivity index (χ4n) is 4.70. The maximum atomic E-state index is 13.1. The van der Waals surface area contributed by atoms with Gasteiger partial charge in [-0.25, -0.2) is 16.8 Å². The number of sulfonamides is 1. The van der Waals surface area contributed by atoms with Crippen LogP contribution in [0.1, 0.15) is 47.1 Å². The minimum atomic E-state index is -3.71. The van der Waals surface area contributed by atoms with Crippen molar-refractivity contribution in [3.63, 3.8) is 0 Å². The van der Waals surface area contributed by atoms with Crippen LogP contribution in [-0.2, 0) is 26.4 Å². The van der Waals surface area contributed by atoms with Crippen LogP contribution in [-0.4, -0.2) is 60.7 Å². The fraction of sp³-hybridized carbons (Fsp3) is 0.524. The highest BCUT2D eigenvalue weighted by Crippen LogP contribution is 2.29. The number of sulfone groups is 1. The molecular weight excluding hydrogens is 454 g/mol. The van der Waals surface area contributed by atoms with Gasteiger partial charge in [-0.05, 0) is 45.2 Å². The second-order valence-electron chi connectivity index (χ2n) is 8.58. The monoisotopic (exact) mass is 481 g/mol. The van der Waals surface area contributed by atoms with E-state index in [1.165, 1.54) is 22.6 Å². The minimum absolute atomic E-state index is 0.00608. The molecule has 0 N–H and O–H groups in total. The van der Waals surface area contributed by atoms with Crippen LogP contribution in [0.25, 0.3) is 0 Å². The van der Waals surface area contributed by atoms with Crippen LogP contribution in [0.5, 0.6) is 0 Å². The van der Waals surface area contributed by atoms with Crippen LogP contribution < -0.4 is 5.56 Å². The Hall–Kier alpha value is -2.24. The fourth-order valence-corrected chi connectivity index (χ4v) is 7.94. The van der Waals surface area contributed by atoms with Gasteiger partial charge in [-0.2, -0.15) is 4.31 Å². The zero-order valence-corrected chi connectivity index (χ0v) is 19.8. The highest BCUT2D eigenvalue weighted by atomic mass is 32.2. The first-order valence-electron chi connectivity index (χ1n) is 10.6. The van der Waals surface area contributed by atoms with Crippen molar-refractivity contribution in [2.45, 2.75) is 50.6 Å². The number of hydrogen-bond donors (Lipinski definition) is 0. The van der Waals surface area contributed by atoms with E-state index in [-0.39, 0.29) is 34.8 Å². The molecule has 2 aromatic heterocycles. The highest BCUT2D eigenvalue weighted by Gasteiger charge is 2.32. The topological polar surface area (TPSA) is 116 Å². The average Bonchev–Trinajstić information content (AvgIpc) is 3.43. The van der Waals surface area contributed by atoms with Crippen molar-refractivity contribution in [2.24, 2.45) is 0 Å². The minimum Gasteiger partial charge on any atom is -0.344 e. The highest BCUT2D eigenvalue weighted by molar-refractivity contribution is 7.91. The van der Waals surface area contributed by atoms with Crippen LogP contribution in [0.4, 0.5) is 0 Å². The molecule has 0 amide bonds. The average molecular weight is 482 g/mol. The van der Waals surface area contributed by atoms with E-state index in [1.54, 1.807) is 13.0 Å². The van der Waals surface area contributed by atoms with E-state index in [4.69, 9.17) is 0 Å². The molecule has 0 saturated carbocycles. The van der Waals surface area contributed by atoms with E-state index in [0.717, 1.165) is 23.1 Å². The van der Waals surface area contributed by atoms with E-state index in [1.807, 2.05) is 11.5 Å². The number of carbonyl (C=O) groups is 1. The summed E-state index contributed by atoms with van der Waals surface area (Å²) in [7, 11) is -6.79. The number of nitrogens with zero attached hydrogens (tertiary/aromatic N) is 3. The molecule has 2 aromatic rings. The molecule has 2 saturated heterocycles. The Bertz CT molecular complexity index is 1330. The van der Waals surface area contributed by atoms with Gasteiger partial charge in [0.1, 0.15) is 0 Å². The van der Waals surface area contributed by atoms with E-state index >= 15 is 0 Å². The normalized spacial score (nSPS) is 21.2. The lowest BCUT2D eigenvalue weighted by atomic mass is 10.1. The largest absolute Gasteiger partial charge is 0.344 e. The molecule has 0 radical (unpaired) electrons. The maximum Gasteiger partial charge on any atom is 0.251 e. The smallest absolute Gasteiger partial charge is 0.251 e. The summed E-state index contributed by atoms with van der Waals surface area (Å²) in [5.74, 6) is -0.151. The quantitative estimate of drug-likeness (QED) is 0.574. The molecule has 2 aliphatic heterocycles. The number of rotatable bonds is 6. The lowest BCUT2D eigenvalue weighted by Crippen LogP contribution is -2.30. The molecule has 0 aromatic carbocycles. The molecule has 0 unspecified atom stereocenters. The second kappa shape index (κ2) is 8.27. The van der Waals surface area contributed by atoms with E-state index in [9.17, 15) is 26.4 Å². The van der Waals surface area contributed by atoms with Gasteiger partial charge in [0.05, 0.1) is 22.9 Å². The third kappa shape index (κ3) is 4.20. The van der Waals surface area contributed by atoms with Gasteiger partial charge in [-0.15, -0.1) is 0 Å². The number of ketones is 1. The molecular formula is C21H27N3O6S2. The van der Waals surface area contributed by atoms with Gasteiger partial charge < -0.3 is 9.13 Å². The Kier molecular flexibility index (Phi) is 5.93. The van der Waals surface area contributed by atoms with Gasteiger partial charge in [0, 0.05) is 48.3 Å². The van der Waals surface area contributed by atoms with E-state index < -0.39 is 25.4 Å². The van der Waals surface area contributed by atoms with Gasteiger partial charge in [0.15, 0.2) is 15.6 Å². The number of aryl methyl sites for hydroxylation is 1. The van der Waals surface area contributed by atoms with Crippen molar-refractivity contribution in [1.29, 1.82) is 0 Å². The van der Waals surface area contributed by atoms with Crippen molar-refractivity contribution in [2.75, 3.05) is 24.6 Å². The molecule has 174 valence electrons. The Morgan fingerprint density at radius 3 is 2.47 bits per heavy atom. The molecule has 11 heteroatoms. The first-order chi connectivity index (χ1) is 15.0. The number of aromatic nitrogens is 2. The van der Waals surface area contributed by atoms with Crippen molar-refractivity contribution in [3.8, 4) is 0 Å². The summed E-state index contributed by atoms with van der Waals surface area (Å²) in [6, 6.07) is 3.95. The summed E-state index contributed by atoms with van der Waals surface area (Å²) in [5.41, 5.74) is 1.38. The van der Waals surface area contributed by atoms with Crippen LogP contribution in [0.3, 0.4) is 0 Å². The standard InChI is InChI=1S/C21H27N3O6S2/c1-15-11-19(16(2)24(15)17-7-10-31(27,28)14-17)20(25)13-22-12-18(5-6-21(22)26)32(29,30)23-8-3-4-9-23/h5-6,11-12,17H,3-4,7-10,13-14H2,1-2H3/t17-/m0/s1. The molecule has 0 spiro atoms. The predicted molar refractivity (Wildman–Crippen MR) is 119 cm³/mol. The van der Waals surface area contributed by atoms with Crippen LogP contribution >= 0.6 is 0 Å². The SMILES string of the molecule is Cc1cc(C(=O)Cn2cc(S(=O)(=O)N3CCCC3)ccc2=O)c(C)n1[C@H]1CCS(=O)(=O)C1. The maximum absolute atomic E-state index is 13.1. The Morgan fingerprint density at radius 1 is 1.16 bits per heavy atom. The number of pyridine rings is 1. The van der Waals surface area contributed by atoms with Crippen molar-refractivity contribution in [1.82, 2.24) is 13.4 Å². The Labute approximate surface area is 187 Å². The zero-order valence-electron chi connectivity index (χ0n) is 18.2. The number of Topliss-reactive ketones (excluding diaryl/α,β-unsaturated/α-hetero) is 1. The first-order valence-corrected chi connectivity index (χ1v) is 13.9. The predicted octanol–water partition coefficient (Wildman–Crippen LogP) is 1.29. The van der Waals surface area contributed by atoms with Gasteiger partial charge >= 0.3 is 0 Å². The summed E-state index contributed by atoms with van der Waals surface area (Å²) in [6.45, 7) is 4.19. The van der Waals surface area contributed by atoms with Crippen molar-refractivity contribution in [3.05, 3.63) is 51.7 Å². The summed E-state index contributed by atoms with van der Waals surface area (Å²) in [4.78, 5) is 25.4. The lowest BCUT2D eigenvalue weighted by Gasteiger charge is -2.17. The molecule has 32 heavy (non-hydrogen) atoms. The summed E-state index contributed by atoms with van der Waals surface area (Å²) in [5, 5.41) is 0. The number of carbonyl (C=O) groups excluding carboxylic acids is 1. The molecule has 4 heterocycles. The van der Waals surface area contributed by atoms with E-state index in [0.29, 0.717) is 30.8 Å².